The molecule has 7 N–H and O–H groups in total. The molecule has 0 aliphatic rings. The molecule has 12 heteroatoms. The van der Waals surface area contributed by atoms with Crippen molar-refractivity contribution in [3.63, 3.8) is 0 Å². The van der Waals surface area contributed by atoms with Gasteiger partial charge in [-0.1, -0.05) is 12.1 Å². The third-order valence-corrected chi connectivity index (χ3v) is 5.53. The molecule has 3 amide bonds. The van der Waals surface area contributed by atoms with E-state index in [2.05, 4.69) is 28.6 Å². The number of benzene rings is 1. The normalized spacial score (nSPS) is 14.5. The topological polar surface area (TPSA) is 171 Å². The highest BCUT2D eigenvalue weighted by atomic mass is 32.2. The molecule has 0 aliphatic heterocycles. The number of carbonyl (C=O) groups is 4. The van der Waals surface area contributed by atoms with Gasteiger partial charge in [-0.05, 0) is 49.5 Å². The molecule has 0 aliphatic carbocycles. The summed E-state index contributed by atoms with van der Waals surface area (Å²) >= 11 is 5.37. The number of carbonyl (C=O) groups excluding carboxylic acids is 3. The summed E-state index contributed by atoms with van der Waals surface area (Å²) in [6.45, 7) is 1.41. The number of nitrogens with one attached hydrogen (secondary N) is 3. The predicted octanol–water partition coefficient (Wildman–Crippen LogP) is -0.496. The number of thioether (sulfide) groups is 1. The number of amides is 3. The Bertz CT molecular complexity index is 793. The van der Waals surface area contributed by atoms with Gasteiger partial charge in [-0.25, -0.2) is 4.79 Å². The largest absolute Gasteiger partial charge is 0.508 e. The molecule has 0 radical (unpaired) electrons. The van der Waals surface area contributed by atoms with E-state index in [1.54, 1.807) is 12.1 Å². The summed E-state index contributed by atoms with van der Waals surface area (Å²) in [5.41, 5.74) is 6.72. The molecule has 0 bridgehead atoms. The van der Waals surface area contributed by atoms with Crippen molar-refractivity contribution in [3.05, 3.63) is 29.8 Å². The van der Waals surface area contributed by atoms with Crippen LogP contribution in [-0.2, 0) is 25.6 Å². The highest BCUT2D eigenvalue weighted by Gasteiger charge is 2.27. The average Bonchev–Trinajstić information content (AvgIpc) is 2.75. The van der Waals surface area contributed by atoms with Gasteiger partial charge < -0.3 is 31.9 Å². The maximum Gasteiger partial charge on any atom is 0.327 e. The van der Waals surface area contributed by atoms with E-state index in [0.29, 0.717) is 12.2 Å². The van der Waals surface area contributed by atoms with Gasteiger partial charge in [-0.3, -0.25) is 14.4 Å². The molecular weight excluding hydrogens is 456 g/mol. The van der Waals surface area contributed by atoms with Crippen LogP contribution in [0.25, 0.3) is 0 Å². The summed E-state index contributed by atoms with van der Waals surface area (Å²) in [6.07, 6.45) is 2.38. The molecule has 1 rings (SSSR count). The molecule has 4 atom stereocenters. The van der Waals surface area contributed by atoms with Gasteiger partial charge in [-0.2, -0.15) is 24.4 Å². The number of phenols is 1. The summed E-state index contributed by atoms with van der Waals surface area (Å²) in [5, 5.41) is 25.8. The first-order valence-corrected chi connectivity index (χ1v) is 11.9. The zero-order valence-corrected chi connectivity index (χ0v) is 19.6. The van der Waals surface area contributed by atoms with Crippen molar-refractivity contribution in [3.8, 4) is 5.75 Å². The Balaban J connectivity index is 2.73. The van der Waals surface area contributed by atoms with E-state index in [1.165, 1.54) is 30.8 Å². The number of phenolic OH excluding ortho intramolecular Hbond substituents is 1. The van der Waals surface area contributed by atoms with Gasteiger partial charge in [0.2, 0.25) is 17.7 Å². The van der Waals surface area contributed by atoms with Crippen LogP contribution in [-0.4, -0.2) is 75.8 Å². The molecule has 0 saturated carbocycles. The Morgan fingerprint density at radius 3 is 2.16 bits per heavy atom. The third-order valence-electron chi connectivity index (χ3n) is 4.52. The van der Waals surface area contributed by atoms with Gasteiger partial charge in [0.15, 0.2) is 0 Å². The molecule has 1 aromatic rings. The summed E-state index contributed by atoms with van der Waals surface area (Å²) in [6, 6.07) is 2.23. The van der Waals surface area contributed by atoms with Crippen LogP contribution >= 0.6 is 24.4 Å². The number of aromatic hydroxyl groups is 1. The van der Waals surface area contributed by atoms with Gasteiger partial charge in [0.05, 0.1) is 6.04 Å². The van der Waals surface area contributed by atoms with Crippen LogP contribution in [0.3, 0.4) is 0 Å². The zero-order valence-electron chi connectivity index (χ0n) is 17.9. The first-order chi connectivity index (χ1) is 15.1. The number of carboxylic acids is 1. The Morgan fingerprint density at radius 1 is 1.03 bits per heavy atom. The fraction of sp³-hybridized carbons (Fsp3) is 0.500. The van der Waals surface area contributed by atoms with Crippen molar-refractivity contribution in [1.82, 2.24) is 16.0 Å². The van der Waals surface area contributed by atoms with Crippen LogP contribution in [0.4, 0.5) is 0 Å². The monoisotopic (exact) mass is 486 g/mol. The molecule has 0 spiro atoms. The van der Waals surface area contributed by atoms with Crippen molar-refractivity contribution in [2.24, 2.45) is 5.73 Å². The second-order valence-corrected chi connectivity index (χ2v) is 8.48. The van der Waals surface area contributed by atoms with Crippen LogP contribution in [0.2, 0.25) is 0 Å². The van der Waals surface area contributed by atoms with Crippen LogP contribution in [0.15, 0.2) is 24.3 Å². The van der Waals surface area contributed by atoms with Crippen molar-refractivity contribution in [1.29, 1.82) is 0 Å². The highest BCUT2D eigenvalue weighted by molar-refractivity contribution is 7.98. The van der Waals surface area contributed by atoms with Crippen molar-refractivity contribution in [2.45, 2.75) is 43.9 Å². The summed E-state index contributed by atoms with van der Waals surface area (Å²) in [4.78, 5) is 48.5. The molecule has 0 saturated heterocycles. The van der Waals surface area contributed by atoms with E-state index >= 15 is 0 Å². The van der Waals surface area contributed by atoms with Gasteiger partial charge in [-0.15, -0.1) is 0 Å². The summed E-state index contributed by atoms with van der Waals surface area (Å²) < 4.78 is 0. The smallest absolute Gasteiger partial charge is 0.327 e. The van der Waals surface area contributed by atoms with Crippen molar-refractivity contribution in [2.75, 3.05) is 17.8 Å². The number of nitrogens with two attached hydrogens (primary N) is 1. The summed E-state index contributed by atoms with van der Waals surface area (Å²) in [7, 11) is 0. The Hall–Kier alpha value is -2.44. The van der Waals surface area contributed by atoms with E-state index in [-0.39, 0.29) is 17.9 Å². The predicted molar refractivity (Wildman–Crippen MR) is 126 cm³/mol. The second kappa shape index (κ2) is 13.9. The number of hydrogen-bond donors (Lipinski definition) is 7. The minimum absolute atomic E-state index is 0.0998. The maximum atomic E-state index is 12.7. The van der Waals surface area contributed by atoms with E-state index in [0.717, 1.165) is 5.56 Å². The molecule has 10 nitrogen and oxygen atoms in total. The van der Waals surface area contributed by atoms with Gasteiger partial charge in [0, 0.05) is 5.75 Å². The lowest BCUT2D eigenvalue weighted by Gasteiger charge is -2.23. The molecule has 0 fully saturated rings. The average molecular weight is 487 g/mol. The number of carboxylic acid groups (broad SMARTS) is 1. The Labute approximate surface area is 196 Å². The first kappa shape index (κ1) is 27.6. The number of aliphatic carboxylic acids is 1. The lowest BCUT2D eigenvalue weighted by atomic mass is 10.0. The van der Waals surface area contributed by atoms with Crippen LogP contribution < -0.4 is 21.7 Å². The first-order valence-electron chi connectivity index (χ1n) is 9.86. The van der Waals surface area contributed by atoms with E-state index in [4.69, 9.17) is 10.8 Å². The fourth-order valence-corrected chi connectivity index (χ4v) is 3.34. The third kappa shape index (κ3) is 9.37. The standard InChI is InChI=1S/C20H30N4O6S2/c1-11(17(26)24-16(10-31)20(29)30)22-19(28)15(7-8-32-2)23-18(27)14(21)9-12-3-5-13(25)6-4-12/h3-6,11,14-16,25,31H,7-10,21H2,1-2H3,(H,22,28)(H,23,27)(H,24,26)(H,29,30). The molecule has 0 aromatic heterocycles. The lowest BCUT2D eigenvalue weighted by Crippen LogP contribution is -2.56. The molecule has 178 valence electrons. The second-order valence-electron chi connectivity index (χ2n) is 7.13. The van der Waals surface area contributed by atoms with Crippen molar-refractivity contribution < 1.29 is 29.4 Å². The zero-order chi connectivity index (χ0) is 24.3. The Kier molecular flexibility index (Phi) is 12.0. The minimum atomic E-state index is -1.24. The van der Waals surface area contributed by atoms with Crippen molar-refractivity contribution >= 4 is 48.1 Å². The van der Waals surface area contributed by atoms with Gasteiger partial charge in [0.25, 0.3) is 0 Å². The molecule has 32 heavy (non-hydrogen) atoms. The molecule has 1 aromatic carbocycles. The van der Waals surface area contributed by atoms with Crippen LogP contribution in [0.5, 0.6) is 5.75 Å². The number of rotatable bonds is 13. The fourth-order valence-electron chi connectivity index (χ4n) is 2.62. The van der Waals surface area contributed by atoms with E-state index in [9.17, 15) is 24.3 Å². The SMILES string of the molecule is CSCCC(NC(=O)C(N)Cc1ccc(O)cc1)C(=O)NC(C)C(=O)NC(CS)C(=O)O. The van der Waals surface area contributed by atoms with Gasteiger partial charge >= 0.3 is 5.97 Å². The van der Waals surface area contributed by atoms with Crippen LogP contribution in [0, 0.1) is 0 Å². The number of thiol groups is 1. The Morgan fingerprint density at radius 2 is 1.62 bits per heavy atom. The quantitative estimate of drug-likeness (QED) is 0.183. The van der Waals surface area contributed by atoms with E-state index < -0.39 is 47.9 Å². The van der Waals surface area contributed by atoms with Gasteiger partial charge in [0.1, 0.15) is 23.9 Å². The number of hydrogen-bond acceptors (Lipinski definition) is 8. The molecule has 0 heterocycles. The summed E-state index contributed by atoms with van der Waals surface area (Å²) in [5.74, 6) is -2.46. The molecular formula is C20H30N4O6S2. The lowest BCUT2D eigenvalue weighted by molar-refractivity contribution is -0.141. The highest BCUT2D eigenvalue weighted by Crippen LogP contribution is 2.11. The van der Waals surface area contributed by atoms with E-state index in [1.807, 2.05) is 6.26 Å². The minimum Gasteiger partial charge on any atom is -0.508 e. The maximum absolute atomic E-state index is 12.7. The van der Waals surface area contributed by atoms with Crippen LogP contribution in [0.1, 0.15) is 18.9 Å². The molecule has 4 unspecified atom stereocenters.